The summed E-state index contributed by atoms with van der Waals surface area (Å²) < 4.78 is 25.3. The van der Waals surface area contributed by atoms with E-state index in [2.05, 4.69) is 5.32 Å². The Hall–Kier alpha value is -4.85. The van der Waals surface area contributed by atoms with Crippen molar-refractivity contribution in [1.29, 1.82) is 5.41 Å². The van der Waals surface area contributed by atoms with Crippen molar-refractivity contribution in [2.24, 2.45) is 5.73 Å². The minimum atomic E-state index is -0.708. The lowest BCUT2D eigenvalue weighted by molar-refractivity contribution is -0.137. The molecule has 1 saturated heterocycles. The van der Waals surface area contributed by atoms with E-state index in [1.165, 1.54) is 39.0 Å². The molecule has 14 heteroatoms. The van der Waals surface area contributed by atoms with Crippen molar-refractivity contribution in [3.8, 4) is 0 Å². The Bertz CT molecular complexity index is 1440. The number of ether oxygens (including phenoxy) is 2. The number of nitrogens with zero attached hydrogens (tertiary/aromatic N) is 3. The minimum Gasteiger partial charge on any atom is -0.444 e. The Kier molecular flexibility index (Phi) is 12.7. The van der Waals surface area contributed by atoms with Gasteiger partial charge < -0.3 is 40.6 Å². The molecule has 2 aromatic rings. The van der Waals surface area contributed by atoms with Gasteiger partial charge in [-0.25, -0.2) is 9.18 Å². The lowest BCUT2D eigenvalue weighted by Gasteiger charge is -2.35. The molecule has 0 aliphatic carbocycles. The largest absolute Gasteiger partial charge is 0.444 e. The zero-order valence-electron chi connectivity index (χ0n) is 26.3. The Morgan fingerprint density at radius 1 is 1.00 bits per heavy atom. The monoisotopic (exact) mass is 640 g/mol. The number of alkyl carbamates (subject to hydrolysis) is 1. The molecule has 0 bridgehead atoms. The van der Waals surface area contributed by atoms with Crippen LogP contribution in [0.3, 0.4) is 0 Å². The number of hydrogen-bond acceptors (Lipinski definition) is 8. The first-order valence-corrected chi connectivity index (χ1v) is 14.8. The maximum absolute atomic E-state index is 14.8. The van der Waals surface area contributed by atoms with Crippen LogP contribution in [0.15, 0.2) is 42.5 Å². The number of primary amides is 1. The molecule has 1 fully saturated rings. The van der Waals surface area contributed by atoms with Crippen LogP contribution in [0.5, 0.6) is 0 Å². The number of rotatable bonds is 14. The lowest BCUT2D eigenvalue weighted by Crippen LogP contribution is -2.52. The van der Waals surface area contributed by atoms with Gasteiger partial charge in [0.1, 0.15) is 11.4 Å². The highest BCUT2D eigenvalue weighted by Gasteiger charge is 2.27. The van der Waals surface area contributed by atoms with E-state index in [4.69, 9.17) is 20.6 Å². The van der Waals surface area contributed by atoms with Crippen LogP contribution in [-0.2, 0) is 25.5 Å². The third kappa shape index (κ3) is 10.6. The van der Waals surface area contributed by atoms with E-state index in [-0.39, 0.29) is 88.2 Å². The molecule has 0 saturated carbocycles. The first-order valence-electron chi connectivity index (χ1n) is 14.8. The average Bonchev–Trinajstić information content (AvgIpc) is 3.01. The molecule has 0 radical (unpaired) electrons. The van der Waals surface area contributed by atoms with E-state index in [1.54, 1.807) is 39.0 Å². The van der Waals surface area contributed by atoms with E-state index in [0.717, 1.165) is 0 Å². The van der Waals surface area contributed by atoms with Crippen LogP contribution in [0.1, 0.15) is 52.6 Å². The van der Waals surface area contributed by atoms with Gasteiger partial charge in [0.2, 0.25) is 18.2 Å². The van der Waals surface area contributed by atoms with Crippen molar-refractivity contribution in [2.75, 3.05) is 59.0 Å². The number of nitrogens with two attached hydrogens (primary N) is 1. The predicted octanol–water partition coefficient (Wildman–Crippen LogP) is 1.82. The number of hydrogen-bond donors (Lipinski definition) is 3. The van der Waals surface area contributed by atoms with Gasteiger partial charge in [-0.05, 0) is 44.5 Å². The molecule has 4 N–H and O–H groups in total. The topological polar surface area (TPSA) is 175 Å². The van der Waals surface area contributed by atoms with Crippen molar-refractivity contribution >= 4 is 35.9 Å². The van der Waals surface area contributed by atoms with Gasteiger partial charge in [0.05, 0.1) is 25.3 Å². The zero-order valence-corrected chi connectivity index (χ0v) is 26.3. The third-order valence-corrected chi connectivity index (χ3v) is 7.00. The molecule has 0 aromatic heterocycles. The smallest absolute Gasteiger partial charge is 0.407 e. The minimum absolute atomic E-state index is 0.0500. The second-order valence-corrected chi connectivity index (χ2v) is 11.7. The number of piperazine rings is 1. The quantitative estimate of drug-likeness (QED) is 0.160. The van der Waals surface area contributed by atoms with E-state index in [1.807, 2.05) is 0 Å². The fourth-order valence-electron chi connectivity index (χ4n) is 4.70. The summed E-state index contributed by atoms with van der Waals surface area (Å²) in [7, 11) is 0. The zero-order chi connectivity index (χ0) is 33.9. The maximum Gasteiger partial charge on any atom is 0.407 e. The number of nitrogens with one attached hydrogen (secondary N) is 2. The van der Waals surface area contributed by atoms with Crippen molar-refractivity contribution in [1.82, 2.24) is 20.0 Å². The second kappa shape index (κ2) is 16.5. The number of amides is 5. The molecule has 13 nitrogen and oxygen atoms in total. The summed E-state index contributed by atoms with van der Waals surface area (Å²) in [6.45, 7) is 6.61. The highest BCUT2D eigenvalue weighted by Crippen LogP contribution is 2.18. The van der Waals surface area contributed by atoms with Crippen molar-refractivity contribution in [3.05, 3.63) is 70.5 Å². The molecule has 0 atom stereocenters. The van der Waals surface area contributed by atoms with Crippen LogP contribution < -0.4 is 11.1 Å². The van der Waals surface area contributed by atoms with Crippen LogP contribution in [0.25, 0.3) is 0 Å². The van der Waals surface area contributed by atoms with E-state index < -0.39 is 29.3 Å². The van der Waals surface area contributed by atoms with Crippen molar-refractivity contribution < 1.29 is 37.8 Å². The molecule has 5 amide bonds. The summed E-state index contributed by atoms with van der Waals surface area (Å²) in [5.74, 6) is -2.21. The summed E-state index contributed by atoms with van der Waals surface area (Å²) in [5, 5.41) is 11.0. The van der Waals surface area contributed by atoms with Crippen LogP contribution >= 0.6 is 0 Å². The Labute approximate surface area is 267 Å². The standard InChI is InChI=1S/C32H41FN6O7/c1-32(2,3)46-31(44)36-10-16-45-17-15-37(21-40)20-28(41)38-11-13-39(14-12-38)30(43)25-18-22(8-9-26(25)33)19-27(34)23-6-4-5-7-24(23)29(35)42/h4-9,18,21,34H,10-17,19-20H2,1-3H3,(H2,35,42)(H,36,44). The molecular formula is C32H41FN6O7. The summed E-state index contributed by atoms with van der Waals surface area (Å²) in [4.78, 5) is 65.3. The second-order valence-electron chi connectivity index (χ2n) is 11.7. The summed E-state index contributed by atoms with van der Waals surface area (Å²) in [6, 6.07) is 10.5. The third-order valence-electron chi connectivity index (χ3n) is 7.00. The van der Waals surface area contributed by atoms with E-state index in [9.17, 15) is 28.4 Å². The van der Waals surface area contributed by atoms with Crippen LogP contribution in [0, 0.1) is 11.2 Å². The molecule has 0 unspecified atom stereocenters. The van der Waals surface area contributed by atoms with Gasteiger partial charge in [0.15, 0.2) is 0 Å². The number of halogens is 1. The summed E-state index contributed by atoms with van der Waals surface area (Å²) in [6.07, 6.45) is 0.0503. The number of benzene rings is 2. The van der Waals surface area contributed by atoms with Crippen LogP contribution in [0.2, 0.25) is 0 Å². The molecule has 3 rings (SSSR count). The first kappa shape index (κ1) is 35.6. The molecule has 1 aliphatic heterocycles. The number of carbonyl (C=O) groups excluding carboxylic acids is 5. The van der Waals surface area contributed by atoms with E-state index in [0.29, 0.717) is 17.5 Å². The maximum atomic E-state index is 14.8. The molecular weight excluding hydrogens is 599 g/mol. The molecule has 1 aliphatic rings. The molecule has 46 heavy (non-hydrogen) atoms. The SMILES string of the molecule is CC(C)(C)OC(=O)NCCOCCN(C=O)CC(=O)N1CCN(C(=O)c2cc(CC(=N)c3ccccc3C(N)=O)ccc2F)CC1. The molecule has 1 heterocycles. The van der Waals surface area contributed by atoms with Crippen LogP contribution in [-0.4, -0.2) is 115 Å². The van der Waals surface area contributed by atoms with Crippen molar-refractivity contribution in [3.63, 3.8) is 0 Å². The number of carbonyl (C=O) groups is 5. The molecule has 0 spiro atoms. The van der Waals surface area contributed by atoms with Gasteiger partial charge in [-0.2, -0.15) is 0 Å². The Morgan fingerprint density at radius 2 is 1.65 bits per heavy atom. The Morgan fingerprint density at radius 3 is 2.28 bits per heavy atom. The van der Waals surface area contributed by atoms with Gasteiger partial charge in [0.25, 0.3) is 5.91 Å². The summed E-state index contributed by atoms with van der Waals surface area (Å²) >= 11 is 0. The first-order chi connectivity index (χ1) is 21.8. The molecule has 2 aromatic carbocycles. The highest BCUT2D eigenvalue weighted by atomic mass is 19.1. The fourth-order valence-corrected chi connectivity index (χ4v) is 4.70. The highest BCUT2D eigenvalue weighted by molar-refractivity contribution is 6.09. The lowest BCUT2D eigenvalue weighted by atomic mass is 9.96. The van der Waals surface area contributed by atoms with Gasteiger partial charge in [-0.1, -0.05) is 24.3 Å². The van der Waals surface area contributed by atoms with Gasteiger partial charge in [-0.15, -0.1) is 0 Å². The fraction of sp³-hybridized carbons (Fsp3) is 0.438. The van der Waals surface area contributed by atoms with Crippen molar-refractivity contribution in [2.45, 2.75) is 32.8 Å². The average molecular weight is 641 g/mol. The predicted molar refractivity (Wildman–Crippen MR) is 167 cm³/mol. The summed E-state index contributed by atoms with van der Waals surface area (Å²) in [5.41, 5.74) is 5.84. The normalized spacial score (nSPS) is 13.1. The van der Waals surface area contributed by atoms with E-state index >= 15 is 0 Å². The Balaban J connectivity index is 1.46. The van der Waals surface area contributed by atoms with Crippen LogP contribution in [0.4, 0.5) is 9.18 Å². The van der Waals surface area contributed by atoms with Gasteiger partial charge in [-0.3, -0.25) is 19.2 Å². The molecule has 248 valence electrons. The van der Waals surface area contributed by atoms with Gasteiger partial charge >= 0.3 is 6.09 Å². The van der Waals surface area contributed by atoms with Gasteiger partial charge in [0, 0.05) is 62.5 Å².